The van der Waals surface area contributed by atoms with Crippen molar-refractivity contribution in [3.8, 4) is 11.1 Å². The molecule has 0 aliphatic rings. The van der Waals surface area contributed by atoms with Crippen molar-refractivity contribution in [3.05, 3.63) is 54.3 Å². The van der Waals surface area contributed by atoms with Gasteiger partial charge < -0.3 is 5.73 Å². The maximum Gasteiger partial charge on any atom is 0.296 e. The lowest BCUT2D eigenvalue weighted by Gasteiger charge is -2.07. The van der Waals surface area contributed by atoms with E-state index in [0.29, 0.717) is 11.1 Å². The highest BCUT2D eigenvalue weighted by Gasteiger charge is 2.15. The number of nitrogens with two attached hydrogens (primary N) is 1. The van der Waals surface area contributed by atoms with Crippen molar-refractivity contribution in [2.24, 2.45) is 5.73 Å². The van der Waals surface area contributed by atoms with Crippen LogP contribution in [0.25, 0.3) is 11.1 Å². The highest BCUT2D eigenvalue weighted by molar-refractivity contribution is 7.86. The van der Waals surface area contributed by atoms with Gasteiger partial charge in [-0.25, -0.2) is 4.39 Å². The van der Waals surface area contributed by atoms with Gasteiger partial charge in [0.05, 0.1) is 11.5 Å². The zero-order valence-corrected chi connectivity index (χ0v) is 13.1. The number of benzene rings is 2. The van der Waals surface area contributed by atoms with Crippen LogP contribution in [0, 0.1) is 5.82 Å². The quantitative estimate of drug-likeness (QED) is 0.621. The van der Waals surface area contributed by atoms with Crippen LogP contribution in [0.5, 0.6) is 0 Å². The lowest BCUT2D eigenvalue weighted by atomic mass is 10.1. The molecule has 0 unspecified atom stereocenters. The van der Waals surface area contributed by atoms with Crippen LogP contribution in [-0.4, -0.2) is 20.9 Å². The summed E-state index contributed by atoms with van der Waals surface area (Å²) in [7, 11) is -3.91. The van der Waals surface area contributed by atoms with E-state index in [1.807, 2.05) is 0 Å². The van der Waals surface area contributed by atoms with Gasteiger partial charge in [0.25, 0.3) is 10.1 Å². The molecule has 0 spiro atoms. The highest BCUT2D eigenvalue weighted by Crippen LogP contribution is 2.24. The van der Waals surface area contributed by atoms with Gasteiger partial charge in [-0.2, -0.15) is 8.42 Å². The molecule has 2 N–H and O–H groups in total. The standard InChI is InChI=1S/C16H16FNO4S/c17-15-5-2-1-4-14(15)12-7-9-13(10-8-12)23(20,21)22-11-3-6-16(18)19/h1-2,4-5,7-10H,3,6,11H2,(H2,18,19). The monoisotopic (exact) mass is 337 g/mol. The first-order valence-corrected chi connectivity index (χ1v) is 8.34. The molecule has 23 heavy (non-hydrogen) atoms. The summed E-state index contributed by atoms with van der Waals surface area (Å²) in [6, 6.07) is 12.0. The molecule has 0 aliphatic heterocycles. The molecular weight excluding hydrogens is 321 g/mol. The smallest absolute Gasteiger partial charge is 0.296 e. The summed E-state index contributed by atoms with van der Waals surface area (Å²) >= 11 is 0. The Kier molecular flexibility index (Phi) is 5.46. The molecule has 2 aromatic carbocycles. The van der Waals surface area contributed by atoms with Crippen molar-refractivity contribution in [1.82, 2.24) is 0 Å². The van der Waals surface area contributed by atoms with E-state index in [1.165, 1.54) is 30.3 Å². The fraction of sp³-hybridized carbons (Fsp3) is 0.188. The van der Waals surface area contributed by atoms with Gasteiger partial charge in [-0.05, 0) is 30.2 Å². The van der Waals surface area contributed by atoms with Crippen molar-refractivity contribution < 1.29 is 21.8 Å². The van der Waals surface area contributed by atoms with E-state index in [-0.39, 0.29) is 30.2 Å². The summed E-state index contributed by atoms with van der Waals surface area (Å²) in [5.74, 6) is -0.897. The Morgan fingerprint density at radius 2 is 1.74 bits per heavy atom. The van der Waals surface area contributed by atoms with E-state index in [2.05, 4.69) is 0 Å². The summed E-state index contributed by atoms with van der Waals surface area (Å²) in [4.78, 5) is 10.5. The number of primary amides is 1. The molecule has 1 amide bonds. The van der Waals surface area contributed by atoms with Crippen LogP contribution in [0.4, 0.5) is 4.39 Å². The van der Waals surface area contributed by atoms with Crippen LogP contribution in [0.2, 0.25) is 0 Å². The molecule has 2 rings (SSSR count). The Morgan fingerprint density at radius 3 is 2.35 bits per heavy atom. The largest absolute Gasteiger partial charge is 0.370 e. The molecule has 7 heteroatoms. The first-order chi connectivity index (χ1) is 10.9. The van der Waals surface area contributed by atoms with Gasteiger partial charge in [0.1, 0.15) is 5.82 Å². The van der Waals surface area contributed by atoms with Crippen molar-refractivity contribution >= 4 is 16.0 Å². The summed E-state index contributed by atoms with van der Waals surface area (Å²) in [5.41, 5.74) is 5.92. The van der Waals surface area contributed by atoms with Crippen LogP contribution in [0.15, 0.2) is 53.4 Å². The minimum absolute atomic E-state index is 0.0309. The summed E-state index contributed by atoms with van der Waals surface area (Å²) in [6.45, 7) is -0.125. The third-order valence-corrected chi connectivity index (χ3v) is 4.46. The molecule has 0 saturated heterocycles. The second kappa shape index (κ2) is 7.34. The molecule has 0 bridgehead atoms. The van der Waals surface area contributed by atoms with Crippen LogP contribution in [-0.2, 0) is 19.1 Å². The minimum atomic E-state index is -3.91. The third kappa shape index (κ3) is 4.61. The number of carbonyl (C=O) groups excluding carboxylic acids is 1. The van der Waals surface area contributed by atoms with Gasteiger partial charge in [-0.1, -0.05) is 30.3 Å². The van der Waals surface area contributed by atoms with Gasteiger partial charge in [-0.15, -0.1) is 0 Å². The minimum Gasteiger partial charge on any atom is -0.370 e. The van der Waals surface area contributed by atoms with Gasteiger partial charge in [0.2, 0.25) is 5.91 Å². The summed E-state index contributed by atoms with van der Waals surface area (Å²) in [5, 5.41) is 0. The molecule has 122 valence electrons. The molecular formula is C16H16FNO4S. The first-order valence-electron chi connectivity index (χ1n) is 6.93. The second-order valence-corrected chi connectivity index (χ2v) is 6.47. The van der Waals surface area contributed by atoms with E-state index in [0.717, 1.165) is 0 Å². The number of hydrogen-bond donors (Lipinski definition) is 1. The lowest BCUT2D eigenvalue weighted by molar-refractivity contribution is -0.118. The Bertz CT molecular complexity index is 788. The topological polar surface area (TPSA) is 86.5 Å². The van der Waals surface area contributed by atoms with Crippen LogP contribution >= 0.6 is 0 Å². The fourth-order valence-electron chi connectivity index (χ4n) is 1.98. The average Bonchev–Trinajstić information content (AvgIpc) is 2.52. The Labute approximate surface area is 134 Å². The van der Waals surface area contributed by atoms with Crippen LogP contribution < -0.4 is 5.73 Å². The zero-order valence-electron chi connectivity index (χ0n) is 12.2. The maximum absolute atomic E-state index is 13.7. The molecule has 0 saturated carbocycles. The van der Waals surface area contributed by atoms with Gasteiger partial charge in [0.15, 0.2) is 0 Å². The Balaban J connectivity index is 2.09. The van der Waals surface area contributed by atoms with Crippen molar-refractivity contribution in [3.63, 3.8) is 0 Å². The van der Waals surface area contributed by atoms with Crippen LogP contribution in [0.1, 0.15) is 12.8 Å². The normalized spacial score (nSPS) is 11.3. The van der Waals surface area contributed by atoms with Crippen LogP contribution in [0.3, 0.4) is 0 Å². The first kappa shape index (κ1) is 17.1. The van der Waals surface area contributed by atoms with Crippen molar-refractivity contribution in [2.45, 2.75) is 17.7 Å². The second-order valence-electron chi connectivity index (χ2n) is 4.85. The molecule has 0 atom stereocenters. The van der Waals surface area contributed by atoms with Gasteiger partial charge in [-0.3, -0.25) is 8.98 Å². The predicted octanol–water partition coefficient (Wildman–Crippen LogP) is 2.46. The average molecular weight is 337 g/mol. The molecule has 0 heterocycles. The summed E-state index contributed by atoms with van der Waals surface area (Å²) < 4.78 is 42.5. The summed E-state index contributed by atoms with van der Waals surface area (Å²) in [6.07, 6.45) is 0.281. The van der Waals surface area contributed by atoms with E-state index in [9.17, 15) is 17.6 Å². The van der Waals surface area contributed by atoms with E-state index in [4.69, 9.17) is 9.92 Å². The molecule has 2 aromatic rings. The molecule has 0 radical (unpaired) electrons. The number of rotatable bonds is 7. The number of halogens is 1. The molecule has 0 aromatic heterocycles. The highest BCUT2D eigenvalue weighted by atomic mass is 32.2. The van der Waals surface area contributed by atoms with E-state index < -0.39 is 16.0 Å². The zero-order chi connectivity index (χ0) is 16.9. The molecule has 0 fully saturated rings. The van der Waals surface area contributed by atoms with E-state index in [1.54, 1.807) is 18.2 Å². The van der Waals surface area contributed by atoms with Gasteiger partial charge in [0, 0.05) is 12.0 Å². The number of amides is 1. The fourth-order valence-corrected chi connectivity index (χ4v) is 2.92. The van der Waals surface area contributed by atoms with Gasteiger partial charge >= 0.3 is 0 Å². The number of hydrogen-bond acceptors (Lipinski definition) is 4. The van der Waals surface area contributed by atoms with Crippen molar-refractivity contribution in [1.29, 1.82) is 0 Å². The van der Waals surface area contributed by atoms with E-state index >= 15 is 0 Å². The third-order valence-electron chi connectivity index (χ3n) is 3.13. The molecule has 5 nitrogen and oxygen atoms in total. The predicted molar refractivity (Wildman–Crippen MR) is 83.4 cm³/mol. The maximum atomic E-state index is 13.7. The number of carbonyl (C=O) groups is 1. The lowest BCUT2D eigenvalue weighted by Crippen LogP contribution is -2.13. The SMILES string of the molecule is NC(=O)CCCOS(=O)(=O)c1ccc(-c2ccccc2F)cc1. The Morgan fingerprint density at radius 1 is 1.09 bits per heavy atom. The Hall–Kier alpha value is -2.25. The molecule has 0 aliphatic carbocycles. The van der Waals surface area contributed by atoms with Crippen molar-refractivity contribution in [2.75, 3.05) is 6.61 Å².